The largest absolute Gasteiger partial charge is 0.484 e. The molecule has 0 radical (unpaired) electrons. The smallest absolute Gasteiger partial charge is 0.261 e. The van der Waals surface area contributed by atoms with Gasteiger partial charge in [0.05, 0.1) is 0 Å². The van der Waals surface area contributed by atoms with Crippen molar-refractivity contribution in [2.75, 3.05) is 13.2 Å². The van der Waals surface area contributed by atoms with Gasteiger partial charge >= 0.3 is 0 Å². The zero-order chi connectivity index (χ0) is 22.1. The Balaban J connectivity index is 2.20. The molecule has 0 aliphatic heterocycles. The van der Waals surface area contributed by atoms with Crippen LogP contribution in [0.15, 0.2) is 42.5 Å². The summed E-state index contributed by atoms with van der Waals surface area (Å²) in [5, 5.41) is 3.53. The number of carbonyl (C=O) groups is 2. The molecule has 0 unspecified atom stereocenters. The first kappa shape index (κ1) is 23.7. The number of aryl methyl sites for hydroxylation is 2. The molecule has 2 aromatic carbocycles. The van der Waals surface area contributed by atoms with Gasteiger partial charge in [-0.25, -0.2) is 0 Å². The molecule has 0 aliphatic carbocycles. The van der Waals surface area contributed by atoms with Crippen molar-refractivity contribution in [3.63, 3.8) is 0 Å². The average molecular weight is 431 g/mol. The minimum absolute atomic E-state index is 0.131. The number of carbonyl (C=O) groups excluding carboxylic acids is 2. The van der Waals surface area contributed by atoms with Gasteiger partial charge in [0, 0.05) is 18.1 Å². The van der Waals surface area contributed by atoms with Gasteiger partial charge in [0.15, 0.2) is 6.61 Å². The highest BCUT2D eigenvalue weighted by molar-refractivity contribution is 6.30. The second kappa shape index (κ2) is 11.6. The van der Waals surface area contributed by atoms with Gasteiger partial charge in [-0.15, -0.1) is 0 Å². The quantitative estimate of drug-likeness (QED) is 0.595. The molecule has 0 aliphatic rings. The van der Waals surface area contributed by atoms with E-state index in [0.717, 1.165) is 23.1 Å². The molecule has 0 bridgehead atoms. The van der Waals surface area contributed by atoms with Crippen molar-refractivity contribution < 1.29 is 14.3 Å². The van der Waals surface area contributed by atoms with E-state index in [1.807, 2.05) is 58.0 Å². The van der Waals surface area contributed by atoms with Gasteiger partial charge in [-0.2, -0.15) is 0 Å². The molecule has 1 N–H and O–H groups in total. The van der Waals surface area contributed by atoms with E-state index in [1.54, 1.807) is 17.0 Å². The highest BCUT2D eigenvalue weighted by Gasteiger charge is 2.28. The van der Waals surface area contributed by atoms with E-state index in [2.05, 4.69) is 5.32 Å². The lowest BCUT2D eigenvalue weighted by molar-refractivity contribution is -0.143. The van der Waals surface area contributed by atoms with Crippen LogP contribution in [0, 0.1) is 13.8 Å². The summed E-state index contributed by atoms with van der Waals surface area (Å²) < 4.78 is 5.78. The van der Waals surface area contributed by atoms with Crippen molar-refractivity contribution in [2.24, 2.45) is 0 Å². The van der Waals surface area contributed by atoms with Crippen LogP contribution in [0.25, 0.3) is 0 Å². The van der Waals surface area contributed by atoms with Crippen molar-refractivity contribution in [1.82, 2.24) is 10.2 Å². The minimum Gasteiger partial charge on any atom is -0.484 e. The fourth-order valence-corrected chi connectivity index (χ4v) is 3.44. The Morgan fingerprint density at radius 1 is 1.07 bits per heavy atom. The molecule has 0 saturated heterocycles. The van der Waals surface area contributed by atoms with E-state index in [-0.39, 0.29) is 18.4 Å². The number of nitrogens with zero attached hydrogens (tertiary/aromatic N) is 1. The van der Waals surface area contributed by atoms with Gasteiger partial charge in [0.2, 0.25) is 5.91 Å². The van der Waals surface area contributed by atoms with Crippen LogP contribution in [0.3, 0.4) is 0 Å². The Morgan fingerprint density at radius 2 is 1.70 bits per heavy atom. The average Bonchev–Trinajstić information content (AvgIpc) is 2.71. The van der Waals surface area contributed by atoms with Crippen molar-refractivity contribution in [3.8, 4) is 5.75 Å². The van der Waals surface area contributed by atoms with E-state index in [0.29, 0.717) is 30.3 Å². The number of nitrogens with one attached hydrogen (secondary N) is 1. The Hall–Kier alpha value is -2.53. The molecule has 0 aromatic heterocycles. The standard InChI is InChI=1S/C24H31ClN2O3/c1-5-11-26-24(29)22(6-2)27(15-19-7-9-20(25)10-8-19)23(28)16-30-21-13-17(3)12-18(4)14-21/h7-10,12-14,22H,5-6,11,15-16H2,1-4H3,(H,26,29)/t22-/m1/s1. The number of rotatable bonds is 10. The second-order valence-electron chi connectivity index (χ2n) is 7.48. The van der Waals surface area contributed by atoms with Crippen LogP contribution < -0.4 is 10.1 Å². The van der Waals surface area contributed by atoms with E-state index < -0.39 is 6.04 Å². The first-order valence-electron chi connectivity index (χ1n) is 10.4. The maximum absolute atomic E-state index is 13.1. The molecule has 1 atom stereocenters. The summed E-state index contributed by atoms with van der Waals surface area (Å²) >= 11 is 5.99. The third-order valence-electron chi connectivity index (χ3n) is 4.76. The Morgan fingerprint density at radius 3 is 2.27 bits per heavy atom. The fraction of sp³-hybridized carbons (Fsp3) is 0.417. The number of hydrogen-bond donors (Lipinski definition) is 1. The lowest BCUT2D eigenvalue weighted by Crippen LogP contribution is -2.50. The minimum atomic E-state index is -0.567. The molecule has 162 valence electrons. The van der Waals surface area contributed by atoms with Crippen LogP contribution in [-0.4, -0.2) is 35.9 Å². The molecule has 0 saturated carbocycles. The third-order valence-corrected chi connectivity index (χ3v) is 5.01. The lowest BCUT2D eigenvalue weighted by Gasteiger charge is -2.30. The number of benzene rings is 2. The van der Waals surface area contributed by atoms with E-state index in [9.17, 15) is 9.59 Å². The molecule has 0 spiro atoms. The summed E-state index contributed by atoms with van der Waals surface area (Å²) in [5.74, 6) is 0.270. The maximum Gasteiger partial charge on any atom is 0.261 e. The zero-order valence-corrected chi connectivity index (χ0v) is 19.0. The van der Waals surface area contributed by atoms with Gasteiger partial charge < -0.3 is 15.0 Å². The number of amides is 2. The monoisotopic (exact) mass is 430 g/mol. The van der Waals surface area contributed by atoms with E-state index >= 15 is 0 Å². The molecule has 2 amide bonds. The van der Waals surface area contributed by atoms with E-state index in [4.69, 9.17) is 16.3 Å². The third kappa shape index (κ3) is 7.06. The predicted molar refractivity (Wildman–Crippen MR) is 121 cm³/mol. The number of hydrogen-bond acceptors (Lipinski definition) is 3. The first-order valence-corrected chi connectivity index (χ1v) is 10.7. The number of ether oxygens (including phenoxy) is 1. The molecule has 2 aromatic rings. The molecule has 0 fully saturated rings. The molecule has 30 heavy (non-hydrogen) atoms. The van der Waals surface area contributed by atoms with Crippen LogP contribution >= 0.6 is 11.6 Å². The van der Waals surface area contributed by atoms with Crippen LogP contribution in [0.1, 0.15) is 43.4 Å². The lowest BCUT2D eigenvalue weighted by atomic mass is 10.1. The first-order chi connectivity index (χ1) is 14.3. The fourth-order valence-electron chi connectivity index (χ4n) is 3.32. The summed E-state index contributed by atoms with van der Waals surface area (Å²) in [6.45, 7) is 8.63. The highest BCUT2D eigenvalue weighted by Crippen LogP contribution is 2.18. The Bertz CT molecular complexity index is 832. The summed E-state index contributed by atoms with van der Waals surface area (Å²) in [7, 11) is 0. The van der Waals surface area contributed by atoms with Gasteiger partial charge in [-0.05, 0) is 67.6 Å². The second-order valence-corrected chi connectivity index (χ2v) is 7.91. The van der Waals surface area contributed by atoms with Crippen LogP contribution in [0.4, 0.5) is 0 Å². The van der Waals surface area contributed by atoms with Gasteiger partial charge in [0.1, 0.15) is 11.8 Å². The van der Waals surface area contributed by atoms with Crippen LogP contribution in [0.2, 0.25) is 5.02 Å². The van der Waals surface area contributed by atoms with E-state index in [1.165, 1.54) is 0 Å². The molecular formula is C24H31ClN2O3. The molecular weight excluding hydrogens is 400 g/mol. The maximum atomic E-state index is 13.1. The Labute approximate surface area is 184 Å². The molecule has 0 heterocycles. The SMILES string of the molecule is CCCNC(=O)[C@@H](CC)N(Cc1ccc(Cl)cc1)C(=O)COc1cc(C)cc(C)c1. The van der Waals surface area contributed by atoms with Crippen molar-refractivity contribution >= 4 is 23.4 Å². The van der Waals surface area contributed by atoms with Crippen molar-refractivity contribution in [1.29, 1.82) is 0 Å². The van der Waals surface area contributed by atoms with Crippen LogP contribution in [0.5, 0.6) is 5.75 Å². The molecule has 5 nitrogen and oxygen atoms in total. The zero-order valence-electron chi connectivity index (χ0n) is 18.2. The predicted octanol–water partition coefficient (Wildman–Crippen LogP) is 4.67. The van der Waals surface area contributed by atoms with Crippen molar-refractivity contribution in [2.45, 2.75) is 53.1 Å². The van der Waals surface area contributed by atoms with Gasteiger partial charge in [-0.3, -0.25) is 9.59 Å². The summed E-state index contributed by atoms with van der Waals surface area (Å²) in [5.41, 5.74) is 3.04. The summed E-state index contributed by atoms with van der Waals surface area (Å²) in [6.07, 6.45) is 1.35. The molecule has 2 rings (SSSR count). The number of halogens is 1. The summed E-state index contributed by atoms with van der Waals surface area (Å²) in [4.78, 5) is 27.4. The van der Waals surface area contributed by atoms with Crippen molar-refractivity contribution in [3.05, 3.63) is 64.2 Å². The van der Waals surface area contributed by atoms with Gasteiger partial charge in [0.25, 0.3) is 5.91 Å². The summed E-state index contributed by atoms with van der Waals surface area (Å²) in [6, 6.07) is 12.6. The Kier molecular flexibility index (Phi) is 9.18. The molecule has 6 heteroatoms. The normalized spacial score (nSPS) is 11.6. The topological polar surface area (TPSA) is 58.6 Å². The van der Waals surface area contributed by atoms with Crippen LogP contribution in [-0.2, 0) is 16.1 Å². The van der Waals surface area contributed by atoms with Gasteiger partial charge in [-0.1, -0.05) is 43.6 Å². The highest BCUT2D eigenvalue weighted by atomic mass is 35.5.